The first-order valence-electron chi connectivity index (χ1n) is 6.94. The molecule has 1 aliphatic heterocycles. The van der Waals surface area contributed by atoms with E-state index in [-0.39, 0.29) is 5.91 Å². The summed E-state index contributed by atoms with van der Waals surface area (Å²) >= 11 is 0. The molecule has 0 aromatic heterocycles. The van der Waals surface area contributed by atoms with Gasteiger partial charge in [0.05, 0.1) is 0 Å². The molecule has 0 radical (unpaired) electrons. The van der Waals surface area contributed by atoms with Gasteiger partial charge in [0.1, 0.15) is 0 Å². The number of carbonyl (C=O) groups excluding carboxylic acids is 1. The molecule has 1 heterocycles. The maximum Gasteiger partial charge on any atom is 0.231 e. The Morgan fingerprint density at radius 2 is 2.32 bits per heavy atom. The van der Waals surface area contributed by atoms with Crippen LogP contribution in [-0.2, 0) is 4.79 Å². The molecule has 1 aromatic carbocycles. The maximum atomic E-state index is 11.4. The van der Waals surface area contributed by atoms with Gasteiger partial charge in [-0.3, -0.25) is 4.79 Å². The Bertz CT molecular complexity index is 486. The quantitative estimate of drug-likeness (QED) is 0.885. The van der Waals surface area contributed by atoms with Crippen LogP contribution in [0.3, 0.4) is 0 Å². The van der Waals surface area contributed by atoms with Crippen molar-refractivity contribution in [3.8, 4) is 11.5 Å². The minimum Gasteiger partial charge on any atom is -0.454 e. The van der Waals surface area contributed by atoms with Crippen molar-refractivity contribution in [3.05, 3.63) is 23.8 Å². The number of fused-ring (bicyclic) bond motifs is 1. The number of carbonyl (C=O) groups is 1. The van der Waals surface area contributed by atoms with Crippen LogP contribution in [0.1, 0.15) is 37.7 Å². The van der Waals surface area contributed by atoms with E-state index in [4.69, 9.17) is 9.47 Å². The number of nitrogens with one attached hydrogen (secondary N) is 1. The molecule has 0 unspecified atom stereocenters. The standard InChI is InChI=1S/C15H19NO3/c1-2-4-14(17)16-8-10-7-12(10)11-5-3-6-13-15(11)19-9-18-13/h3,5-6,10,12H,2,4,7-9H2,1H3,(H,16,17)/t10-,12+/m0/s1. The van der Waals surface area contributed by atoms with Gasteiger partial charge in [-0.25, -0.2) is 0 Å². The predicted octanol–water partition coefficient (Wildman–Crippen LogP) is 2.44. The fourth-order valence-corrected chi connectivity index (χ4v) is 2.66. The van der Waals surface area contributed by atoms with Gasteiger partial charge in [0.25, 0.3) is 0 Å². The molecule has 102 valence electrons. The van der Waals surface area contributed by atoms with E-state index in [1.807, 2.05) is 19.1 Å². The molecular weight excluding hydrogens is 242 g/mol. The lowest BCUT2D eigenvalue weighted by atomic mass is 10.1. The molecule has 0 saturated heterocycles. The summed E-state index contributed by atoms with van der Waals surface area (Å²) in [6, 6.07) is 6.05. The van der Waals surface area contributed by atoms with Gasteiger partial charge >= 0.3 is 0 Å². The van der Waals surface area contributed by atoms with Gasteiger partial charge in [-0.05, 0) is 30.7 Å². The van der Waals surface area contributed by atoms with Crippen molar-refractivity contribution in [3.63, 3.8) is 0 Å². The van der Waals surface area contributed by atoms with Gasteiger partial charge in [-0.2, -0.15) is 0 Å². The van der Waals surface area contributed by atoms with E-state index in [9.17, 15) is 4.79 Å². The molecule has 0 bridgehead atoms. The highest BCUT2D eigenvalue weighted by Gasteiger charge is 2.41. The lowest BCUT2D eigenvalue weighted by molar-refractivity contribution is -0.121. The number of rotatable bonds is 5. The molecule has 1 fully saturated rings. The monoisotopic (exact) mass is 261 g/mol. The topological polar surface area (TPSA) is 47.6 Å². The number of hydrogen-bond donors (Lipinski definition) is 1. The third-order valence-electron chi connectivity index (χ3n) is 3.79. The zero-order valence-electron chi connectivity index (χ0n) is 11.1. The SMILES string of the molecule is CCCC(=O)NC[C@@H]1C[C@H]1c1cccc2c1OCO2. The summed E-state index contributed by atoms with van der Waals surface area (Å²) in [5.41, 5.74) is 1.23. The Morgan fingerprint density at radius 3 is 3.16 bits per heavy atom. The molecule has 0 spiro atoms. The van der Waals surface area contributed by atoms with Crippen molar-refractivity contribution in [1.82, 2.24) is 5.32 Å². The second kappa shape index (κ2) is 5.11. The summed E-state index contributed by atoms with van der Waals surface area (Å²) in [6.07, 6.45) is 2.64. The molecule has 4 heteroatoms. The van der Waals surface area contributed by atoms with Crippen molar-refractivity contribution in [2.45, 2.75) is 32.1 Å². The third-order valence-corrected chi connectivity index (χ3v) is 3.79. The highest BCUT2D eigenvalue weighted by molar-refractivity contribution is 5.75. The number of amides is 1. The summed E-state index contributed by atoms with van der Waals surface area (Å²) < 4.78 is 10.9. The lowest BCUT2D eigenvalue weighted by Crippen LogP contribution is -2.25. The van der Waals surface area contributed by atoms with Crippen molar-refractivity contribution in [2.75, 3.05) is 13.3 Å². The van der Waals surface area contributed by atoms with E-state index < -0.39 is 0 Å². The average molecular weight is 261 g/mol. The smallest absolute Gasteiger partial charge is 0.231 e. The molecule has 1 aromatic rings. The van der Waals surface area contributed by atoms with Crippen LogP contribution < -0.4 is 14.8 Å². The minimum absolute atomic E-state index is 0.158. The second-order valence-corrected chi connectivity index (χ2v) is 5.24. The van der Waals surface area contributed by atoms with E-state index in [1.54, 1.807) is 0 Å². The van der Waals surface area contributed by atoms with Crippen LogP contribution in [0.4, 0.5) is 0 Å². The lowest BCUT2D eigenvalue weighted by Gasteiger charge is -2.06. The van der Waals surface area contributed by atoms with Gasteiger partial charge in [0.15, 0.2) is 11.5 Å². The zero-order valence-corrected chi connectivity index (χ0v) is 11.1. The van der Waals surface area contributed by atoms with Gasteiger partial charge < -0.3 is 14.8 Å². The van der Waals surface area contributed by atoms with Crippen LogP contribution in [0, 0.1) is 5.92 Å². The van der Waals surface area contributed by atoms with Gasteiger partial charge in [-0.1, -0.05) is 19.1 Å². The first-order valence-corrected chi connectivity index (χ1v) is 6.94. The van der Waals surface area contributed by atoms with Crippen molar-refractivity contribution < 1.29 is 14.3 Å². The van der Waals surface area contributed by atoms with Crippen LogP contribution in [0.2, 0.25) is 0 Å². The van der Waals surface area contributed by atoms with Crippen LogP contribution in [0.5, 0.6) is 11.5 Å². The highest BCUT2D eigenvalue weighted by Crippen LogP contribution is 2.52. The maximum absolute atomic E-state index is 11.4. The Kier molecular flexibility index (Phi) is 3.32. The number of para-hydroxylation sites is 1. The largest absolute Gasteiger partial charge is 0.454 e. The molecule has 1 aliphatic carbocycles. The van der Waals surface area contributed by atoms with E-state index in [0.717, 1.165) is 30.9 Å². The molecule has 3 rings (SSSR count). The number of benzene rings is 1. The summed E-state index contributed by atoms with van der Waals surface area (Å²) in [7, 11) is 0. The average Bonchev–Trinajstić information content (AvgIpc) is 3.02. The molecule has 1 N–H and O–H groups in total. The van der Waals surface area contributed by atoms with E-state index in [0.29, 0.717) is 25.0 Å². The summed E-state index contributed by atoms with van der Waals surface area (Å²) in [6.45, 7) is 3.11. The molecule has 1 amide bonds. The van der Waals surface area contributed by atoms with E-state index in [2.05, 4.69) is 11.4 Å². The first-order chi connectivity index (χ1) is 9.29. The van der Waals surface area contributed by atoms with Crippen molar-refractivity contribution >= 4 is 5.91 Å². The number of hydrogen-bond acceptors (Lipinski definition) is 3. The molecular formula is C15H19NO3. The fraction of sp³-hybridized carbons (Fsp3) is 0.533. The number of ether oxygens (including phenoxy) is 2. The summed E-state index contributed by atoms with van der Waals surface area (Å²) in [4.78, 5) is 11.4. The fourth-order valence-electron chi connectivity index (χ4n) is 2.66. The summed E-state index contributed by atoms with van der Waals surface area (Å²) in [5, 5.41) is 3.00. The first kappa shape index (κ1) is 12.3. The Hall–Kier alpha value is -1.71. The molecule has 4 nitrogen and oxygen atoms in total. The molecule has 1 saturated carbocycles. The normalized spacial score (nSPS) is 23.2. The molecule has 2 atom stereocenters. The Labute approximate surface area is 113 Å². The highest BCUT2D eigenvalue weighted by atomic mass is 16.7. The minimum atomic E-state index is 0.158. The van der Waals surface area contributed by atoms with Crippen molar-refractivity contribution in [1.29, 1.82) is 0 Å². The third kappa shape index (κ3) is 2.53. The van der Waals surface area contributed by atoms with E-state index in [1.165, 1.54) is 5.56 Å². The second-order valence-electron chi connectivity index (χ2n) is 5.24. The van der Waals surface area contributed by atoms with Gasteiger partial charge in [-0.15, -0.1) is 0 Å². The summed E-state index contributed by atoms with van der Waals surface area (Å²) in [5.74, 6) is 2.94. The Balaban J connectivity index is 1.58. The Morgan fingerprint density at radius 1 is 1.42 bits per heavy atom. The zero-order chi connectivity index (χ0) is 13.2. The van der Waals surface area contributed by atoms with Crippen molar-refractivity contribution in [2.24, 2.45) is 5.92 Å². The van der Waals surface area contributed by atoms with Crippen LogP contribution in [-0.4, -0.2) is 19.2 Å². The molecule has 2 aliphatic rings. The van der Waals surface area contributed by atoms with Crippen LogP contribution in [0.25, 0.3) is 0 Å². The van der Waals surface area contributed by atoms with Gasteiger partial charge in [0.2, 0.25) is 12.7 Å². The predicted molar refractivity (Wildman–Crippen MR) is 71.3 cm³/mol. The van der Waals surface area contributed by atoms with Crippen LogP contribution in [0.15, 0.2) is 18.2 Å². The van der Waals surface area contributed by atoms with E-state index >= 15 is 0 Å². The van der Waals surface area contributed by atoms with Gasteiger partial charge in [0, 0.05) is 18.5 Å². The van der Waals surface area contributed by atoms with Crippen LogP contribution >= 0.6 is 0 Å². The molecule has 19 heavy (non-hydrogen) atoms.